The Labute approximate surface area is 123 Å². The summed E-state index contributed by atoms with van der Waals surface area (Å²) in [5.41, 5.74) is 7.04. The molecule has 1 saturated carbocycles. The van der Waals surface area contributed by atoms with Crippen LogP contribution in [0.2, 0.25) is 0 Å². The van der Waals surface area contributed by atoms with Gasteiger partial charge in [0.2, 0.25) is 0 Å². The first kappa shape index (κ1) is 13.9. The van der Waals surface area contributed by atoms with Crippen molar-refractivity contribution in [1.82, 2.24) is 4.90 Å². The topological polar surface area (TPSA) is 49.5 Å². The van der Waals surface area contributed by atoms with Gasteiger partial charge in [-0.25, -0.2) is 4.39 Å². The minimum atomic E-state index is -0.301. The Morgan fingerprint density at radius 3 is 2.85 bits per heavy atom. The lowest BCUT2D eigenvalue weighted by molar-refractivity contribution is 0.123. The lowest BCUT2D eigenvalue weighted by atomic mass is 10.00. The highest BCUT2D eigenvalue weighted by Gasteiger charge is 2.41. The minimum absolute atomic E-state index is 0.162. The van der Waals surface area contributed by atoms with E-state index in [0.29, 0.717) is 23.9 Å². The highest BCUT2D eigenvalue weighted by Crippen LogP contribution is 2.38. The predicted molar refractivity (Wildman–Crippen MR) is 79.8 cm³/mol. The molecule has 1 saturated heterocycles. The number of benzene rings is 1. The number of fused-ring (bicyclic) bond motifs is 1. The molecule has 1 aromatic carbocycles. The van der Waals surface area contributed by atoms with Crippen molar-refractivity contribution in [2.45, 2.75) is 25.5 Å². The van der Waals surface area contributed by atoms with Crippen molar-refractivity contribution in [2.24, 2.45) is 17.6 Å². The van der Waals surface area contributed by atoms with Gasteiger partial charge in [0, 0.05) is 31.1 Å². The van der Waals surface area contributed by atoms with Crippen molar-refractivity contribution in [3.05, 3.63) is 35.1 Å². The monoisotopic (exact) mass is 294 g/mol. The summed E-state index contributed by atoms with van der Waals surface area (Å²) in [4.78, 5) is 2.51. The van der Waals surface area contributed by atoms with Gasteiger partial charge in [-0.1, -0.05) is 12.2 Å². The third kappa shape index (κ3) is 2.71. The van der Waals surface area contributed by atoms with E-state index in [1.165, 1.54) is 12.1 Å². The molecule has 0 bridgehead atoms. The molecule has 0 spiro atoms. The Bertz CT molecular complexity index is 537. The predicted octanol–water partition coefficient (Wildman–Crippen LogP) is 1.66. The molecule has 1 aliphatic carbocycles. The fourth-order valence-electron chi connectivity index (χ4n) is 3.60. The molecule has 2 fully saturated rings. The number of halogens is 1. The smallest absolute Gasteiger partial charge is 0.124 e. The zero-order valence-corrected chi connectivity index (χ0v) is 12.1. The zero-order valence-electron chi connectivity index (χ0n) is 11.3. The Hall–Kier alpha value is -1.04. The van der Waals surface area contributed by atoms with Gasteiger partial charge >= 0.3 is 0 Å². The van der Waals surface area contributed by atoms with E-state index in [1.54, 1.807) is 0 Å². The van der Waals surface area contributed by atoms with Crippen LogP contribution >= 0.6 is 12.2 Å². The summed E-state index contributed by atoms with van der Waals surface area (Å²) in [6, 6.07) is 4.76. The van der Waals surface area contributed by atoms with Crippen LogP contribution in [0.3, 0.4) is 0 Å². The van der Waals surface area contributed by atoms with Gasteiger partial charge < -0.3 is 10.8 Å². The second kappa shape index (κ2) is 5.39. The average Bonchev–Trinajstić information content (AvgIpc) is 2.91. The number of hydrogen-bond acceptors (Lipinski definition) is 3. The molecule has 108 valence electrons. The van der Waals surface area contributed by atoms with Crippen LogP contribution in [0.4, 0.5) is 4.39 Å². The van der Waals surface area contributed by atoms with Crippen LogP contribution in [-0.2, 0) is 6.54 Å². The first-order valence-corrected chi connectivity index (χ1v) is 7.43. The van der Waals surface area contributed by atoms with Crippen molar-refractivity contribution in [3.8, 4) is 0 Å². The molecule has 0 radical (unpaired) electrons. The van der Waals surface area contributed by atoms with E-state index < -0.39 is 0 Å². The summed E-state index contributed by atoms with van der Waals surface area (Å²) in [5, 5.41) is 9.92. The second-order valence-electron chi connectivity index (χ2n) is 5.98. The van der Waals surface area contributed by atoms with Gasteiger partial charge in [0.1, 0.15) is 10.8 Å². The lowest BCUT2D eigenvalue weighted by Crippen LogP contribution is -2.24. The standard InChI is InChI=1S/C15H19FN2OS/c16-12-4-9(3-11(5-12)15(17)20)6-18-7-10-1-2-14(19)13(10)8-18/h3-5,10,13-14,19H,1-2,6-8H2,(H2,17,20). The Kier molecular flexibility index (Phi) is 3.75. The Morgan fingerprint density at radius 2 is 2.15 bits per heavy atom. The molecule has 2 aliphatic rings. The third-order valence-electron chi connectivity index (χ3n) is 4.54. The van der Waals surface area contributed by atoms with Gasteiger partial charge in [-0.05, 0) is 42.5 Å². The van der Waals surface area contributed by atoms with Gasteiger partial charge in [0.25, 0.3) is 0 Å². The van der Waals surface area contributed by atoms with E-state index >= 15 is 0 Å². The largest absolute Gasteiger partial charge is 0.393 e. The molecule has 1 aromatic rings. The highest BCUT2D eigenvalue weighted by molar-refractivity contribution is 7.80. The molecule has 3 rings (SSSR count). The molecule has 3 atom stereocenters. The van der Waals surface area contributed by atoms with Crippen LogP contribution < -0.4 is 5.73 Å². The molecular weight excluding hydrogens is 275 g/mol. The van der Waals surface area contributed by atoms with Crippen molar-refractivity contribution in [3.63, 3.8) is 0 Å². The summed E-state index contributed by atoms with van der Waals surface area (Å²) < 4.78 is 13.6. The number of nitrogens with two attached hydrogens (primary N) is 1. The molecule has 20 heavy (non-hydrogen) atoms. The highest BCUT2D eigenvalue weighted by atomic mass is 32.1. The van der Waals surface area contributed by atoms with Crippen molar-refractivity contribution in [2.75, 3.05) is 13.1 Å². The van der Waals surface area contributed by atoms with E-state index in [1.807, 2.05) is 6.07 Å². The number of rotatable bonds is 3. The van der Waals surface area contributed by atoms with Crippen LogP contribution in [0.15, 0.2) is 18.2 Å². The van der Waals surface area contributed by atoms with Gasteiger partial charge in [0.05, 0.1) is 6.10 Å². The number of hydrogen-bond donors (Lipinski definition) is 2. The number of aliphatic hydroxyl groups excluding tert-OH is 1. The van der Waals surface area contributed by atoms with E-state index in [2.05, 4.69) is 4.90 Å². The number of nitrogens with zero attached hydrogens (tertiary/aromatic N) is 1. The fraction of sp³-hybridized carbons (Fsp3) is 0.533. The SMILES string of the molecule is NC(=S)c1cc(F)cc(CN2CC3CCC(O)C3C2)c1. The minimum Gasteiger partial charge on any atom is -0.393 e. The van der Waals surface area contributed by atoms with Gasteiger partial charge in [-0.2, -0.15) is 0 Å². The molecule has 3 unspecified atom stereocenters. The van der Waals surface area contributed by atoms with Gasteiger partial charge in [-0.3, -0.25) is 4.90 Å². The second-order valence-corrected chi connectivity index (χ2v) is 6.41. The van der Waals surface area contributed by atoms with E-state index in [4.69, 9.17) is 18.0 Å². The van der Waals surface area contributed by atoms with E-state index in [-0.39, 0.29) is 16.9 Å². The maximum Gasteiger partial charge on any atom is 0.124 e. The molecule has 5 heteroatoms. The van der Waals surface area contributed by atoms with Crippen LogP contribution in [0.25, 0.3) is 0 Å². The van der Waals surface area contributed by atoms with Gasteiger partial charge in [-0.15, -0.1) is 0 Å². The van der Waals surface area contributed by atoms with Gasteiger partial charge in [0.15, 0.2) is 0 Å². The summed E-state index contributed by atoms with van der Waals surface area (Å²) in [7, 11) is 0. The van der Waals surface area contributed by atoms with Crippen LogP contribution in [0.1, 0.15) is 24.0 Å². The van der Waals surface area contributed by atoms with Crippen molar-refractivity contribution in [1.29, 1.82) is 0 Å². The zero-order chi connectivity index (χ0) is 14.3. The normalized spacial score (nSPS) is 29.6. The van der Waals surface area contributed by atoms with Crippen molar-refractivity contribution < 1.29 is 9.50 Å². The maximum absolute atomic E-state index is 13.6. The molecular formula is C15H19FN2OS. The summed E-state index contributed by atoms with van der Waals surface area (Å²) >= 11 is 4.91. The van der Waals surface area contributed by atoms with Crippen molar-refractivity contribution >= 4 is 17.2 Å². The number of aliphatic hydroxyl groups is 1. The summed E-state index contributed by atoms with van der Waals surface area (Å²) in [5.74, 6) is 0.678. The quantitative estimate of drug-likeness (QED) is 0.833. The average molecular weight is 294 g/mol. The Morgan fingerprint density at radius 1 is 1.35 bits per heavy atom. The number of likely N-dealkylation sites (tertiary alicyclic amines) is 1. The molecule has 1 heterocycles. The van der Waals surface area contributed by atoms with E-state index in [0.717, 1.165) is 31.5 Å². The lowest BCUT2D eigenvalue weighted by Gasteiger charge is -2.18. The summed E-state index contributed by atoms with van der Waals surface area (Å²) in [6.45, 7) is 2.57. The first-order chi connectivity index (χ1) is 9.52. The molecule has 0 amide bonds. The first-order valence-electron chi connectivity index (χ1n) is 7.02. The van der Waals surface area contributed by atoms with Crippen LogP contribution in [0.5, 0.6) is 0 Å². The third-order valence-corrected chi connectivity index (χ3v) is 4.78. The molecule has 3 N–H and O–H groups in total. The summed E-state index contributed by atoms with van der Waals surface area (Å²) in [6.07, 6.45) is 1.86. The molecule has 3 nitrogen and oxygen atoms in total. The number of thiocarbonyl (C=S) groups is 1. The fourth-order valence-corrected chi connectivity index (χ4v) is 3.72. The molecule has 1 aliphatic heterocycles. The van der Waals surface area contributed by atoms with Crippen LogP contribution in [-0.4, -0.2) is 34.2 Å². The van der Waals surface area contributed by atoms with Crippen LogP contribution in [0, 0.1) is 17.7 Å². The maximum atomic E-state index is 13.6. The Balaban J connectivity index is 1.71. The molecule has 0 aromatic heterocycles. The van der Waals surface area contributed by atoms with E-state index in [9.17, 15) is 9.50 Å².